The molecule has 1 saturated heterocycles. The van der Waals surface area contributed by atoms with E-state index in [-0.39, 0.29) is 6.10 Å². The predicted molar refractivity (Wildman–Crippen MR) is 49.1 cm³/mol. The number of fused-ring (bicyclic) bond motifs is 4. The minimum atomic E-state index is -0.0171. The lowest BCUT2D eigenvalue weighted by atomic mass is 9.57. The summed E-state index contributed by atoms with van der Waals surface area (Å²) >= 11 is 0. The number of hydrogen-bond donors (Lipinski definition) is 2. The number of nitrogens with one attached hydrogen (secondary N) is 1. The maximum atomic E-state index is 10.1. The maximum absolute atomic E-state index is 10.1. The highest BCUT2D eigenvalue weighted by Crippen LogP contribution is 2.55. The fraction of sp³-hybridized carbons (Fsp3) is 1.00. The van der Waals surface area contributed by atoms with Gasteiger partial charge in [0.25, 0.3) is 0 Å². The van der Waals surface area contributed by atoms with E-state index in [9.17, 15) is 5.11 Å². The van der Waals surface area contributed by atoms with Crippen molar-refractivity contribution in [3.63, 3.8) is 0 Å². The molecule has 7 atom stereocenters. The van der Waals surface area contributed by atoms with Crippen LogP contribution in [0, 0.1) is 23.7 Å². The van der Waals surface area contributed by atoms with E-state index in [1.165, 1.54) is 25.7 Å². The molecule has 4 rings (SSSR count). The molecule has 0 radical (unpaired) electrons. The molecule has 0 aromatic carbocycles. The van der Waals surface area contributed by atoms with Gasteiger partial charge < -0.3 is 10.4 Å². The molecule has 0 aromatic heterocycles. The monoisotopic (exact) mass is 179 g/mol. The van der Waals surface area contributed by atoms with Crippen molar-refractivity contribution < 1.29 is 5.11 Å². The Labute approximate surface area is 78.7 Å². The van der Waals surface area contributed by atoms with Gasteiger partial charge in [0.2, 0.25) is 0 Å². The second kappa shape index (κ2) is 2.12. The van der Waals surface area contributed by atoms with Crippen LogP contribution in [0.3, 0.4) is 0 Å². The van der Waals surface area contributed by atoms with Gasteiger partial charge in [0, 0.05) is 12.1 Å². The van der Waals surface area contributed by atoms with Crippen LogP contribution in [0.2, 0.25) is 0 Å². The van der Waals surface area contributed by atoms with E-state index in [2.05, 4.69) is 5.32 Å². The third-order valence-corrected chi connectivity index (χ3v) is 5.24. The maximum Gasteiger partial charge on any atom is 0.0724 e. The normalized spacial score (nSPS) is 67.6. The lowest BCUT2D eigenvalue weighted by Gasteiger charge is -2.49. The molecule has 2 nitrogen and oxygen atoms in total. The number of hydrogen-bond acceptors (Lipinski definition) is 2. The van der Waals surface area contributed by atoms with Crippen molar-refractivity contribution in [1.82, 2.24) is 5.32 Å². The molecule has 5 bridgehead atoms. The van der Waals surface area contributed by atoms with Crippen molar-refractivity contribution in [1.29, 1.82) is 0 Å². The summed E-state index contributed by atoms with van der Waals surface area (Å²) in [5.41, 5.74) is 0. The van der Waals surface area contributed by atoms with Crippen molar-refractivity contribution in [3.05, 3.63) is 0 Å². The van der Waals surface area contributed by atoms with Gasteiger partial charge in [-0.05, 0) is 49.4 Å². The van der Waals surface area contributed by atoms with Crippen LogP contribution in [0.1, 0.15) is 25.7 Å². The minimum Gasteiger partial charge on any atom is -0.391 e. The fourth-order valence-corrected chi connectivity index (χ4v) is 4.75. The molecule has 1 aliphatic heterocycles. The number of aliphatic hydroxyl groups excluding tert-OH is 1. The number of aliphatic hydroxyl groups is 1. The Morgan fingerprint density at radius 2 is 1.69 bits per heavy atom. The van der Waals surface area contributed by atoms with Gasteiger partial charge in [-0.3, -0.25) is 0 Å². The molecule has 7 unspecified atom stereocenters. The van der Waals surface area contributed by atoms with E-state index < -0.39 is 0 Å². The van der Waals surface area contributed by atoms with E-state index in [4.69, 9.17) is 0 Å². The van der Waals surface area contributed by atoms with Crippen LogP contribution in [-0.4, -0.2) is 23.3 Å². The first-order valence-electron chi connectivity index (χ1n) is 5.77. The molecule has 4 aliphatic rings. The summed E-state index contributed by atoms with van der Waals surface area (Å²) in [5.74, 6) is 3.33. The number of rotatable bonds is 0. The van der Waals surface area contributed by atoms with E-state index in [0.717, 1.165) is 23.8 Å². The average molecular weight is 179 g/mol. The SMILES string of the molecule is OC1C2CC3CC(C2)C2CC3NC12. The van der Waals surface area contributed by atoms with Gasteiger partial charge in [0.1, 0.15) is 0 Å². The third kappa shape index (κ3) is 0.736. The Morgan fingerprint density at radius 1 is 0.923 bits per heavy atom. The third-order valence-electron chi connectivity index (χ3n) is 5.24. The average Bonchev–Trinajstić information content (AvgIpc) is 2.52. The second-order valence-corrected chi connectivity index (χ2v) is 5.68. The van der Waals surface area contributed by atoms with E-state index in [1.807, 2.05) is 0 Å². The first-order chi connectivity index (χ1) is 6.33. The Kier molecular flexibility index (Phi) is 1.18. The van der Waals surface area contributed by atoms with Gasteiger partial charge >= 0.3 is 0 Å². The lowest BCUT2D eigenvalue weighted by molar-refractivity contribution is -0.0423. The molecule has 13 heavy (non-hydrogen) atoms. The zero-order valence-corrected chi connectivity index (χ0v) is 7.82. The fourth-order valence-electron chi connectivity index (χ4n) is 4.75. The molecule has 72 valence electrons. The molecule has 2 heteroatoms. The molecular formula is C11H17NO. The van der Waals surface area contributed by atoms with Crippen LogP contribution in [0.5, 0.6) is 0 Å². The highest BCUT2D eigenvalue weighted by atomic mass is 16.3. The molecule has 3 saturated carbocycles. The zero-order chi connectivity index (χ0) is 8.58. The molecule has 0 aromatic rings. The van der Waals surface area contributed by atoms with Gasteiger partial charge in [-0.25, -0.2) is 0 Å². The summed E-state index contributed by atoms with van der Waals surface area (Å²) in [6.07, 6.45) is 5.44. The van der Waals surface area contributed by atoms with Crippen LogP contribution in [0.4, 0.5) is 0 Å². The molecule has 3 aliphatic carbocycles. The summed E-state index contributed by atoms with van der Waals surface area (Å²) in [4.78, 5) is 0. The van der Waals surface area contributed by atoms with Crippen molar-refractivity contribution >= 4 is 0 Å². The quantitative estimate of drug-likeness (QED) is 0.575. The van der Waals surface area contributed by atoms with E-state index in [1.54, 1.807) is 0 Å². The summed E-state index contributed by atoms with van der Waals surface area (Å²) in [6, 6.07) is 1.24. The van der Waals surface area contributed by atoms with Crippen LogP contribution in [-0.2, 0) is 0 Å². The standard InChI is InChI=1S/C11H17NO/c13-11-7-2-5-1-6(3-7)9-4-8(5)10(11)12-9/h5-13H,1-4H2. The Hall–Kier alpha value is -0.0800. The van der Waals surface area contributed by atoms with Gasteiger partial charge in [-0.15, -0.1) is 0 Å². The Balaban J connectivity index is 1.84. The topological polar surface area (TPSA) is 32.3 Å². The van der Waals surface area contributed by atoms with Crippen LogP contribution >= 0.6 is 0 Å². The molecule has 4 fully saturated rings. The van der Waals surface area contributed by atoms with Crippen molar-refractivity contribution in [2.75, 3.05) is 0 Å². The predicted octanol–water partition coefficient (Wildman–Crippen LogP) is 0.754. The highest BCUT2D eigenvalue weighted by molar-refractivity contribution is 5.12. The smallest absolute Gasteiger partial charge is 0.0724 e. The zero-order valence-electron chi connectivity index (χ0n) is 7.82. The van der Waals surface area contributed by atoms with Gasteiger partial charge in [0.15, 0.2) is 0 Å². The lowest BCUT2D eigenvalue weighted by Crippen LogP contribution is -2.50. The van der Waals surface area contributed by atoms with Crippen molar-refractivity contribution in [2.45, 2.75) is 43.9 Å². The summed E-state index contributed by atoms with van der Waals surface area (Å²) in [6.45, 7) is 0. The van der Waals surface area contributed by atoms with Crippen molar-refractivity contribution in [3.8, 4) is 0 Å². The summed E-state index contributed by atoms with van der Waals surface area (Å²) in [5, 5.41) is 13.8. The van der Waals surface area contributed by atoms with E-state index >= 15 is 0 Å². The first kappa shape index (κ1) is 7.24. The molecule has 0 spiro atoms. The molecule has 2 N–H and O–H groups in total. The van der Waals surface area contributed by atoms with Crippen LogP contribution in [0.25, 0.3) is 0 Å². The van der Waals surface area contributed by atoms with Gasteiger partial charge in [-0.2, -0.15) is 0 Å². The van der Waals surface area contributed by atoms with Crippen LogP contribution < -0.4 is 5.32 Å². The van der Waals surface area contributed by atoms with E-state index in [0.29, 0.717) is 12.0 Å². The minimum absolute atomic E-state index is 0.0171. The van der Waals surface area contributed by atoms with Crippen molar-refractivity contribution in [2.24, 2.45) is 23.7 Å². The van der Waals surface area contributed by atoms with Gasteiger partial charge in [0.05, 0.1) is 6.10 Å². The first-order valence-corrected chi connectivity index (χ1v) is 5.77. The van der Waals surface area contributed by atoms with Gasteiger partial charge in [-0.1, -0.05) is 0 Å². The summed E-state index contributed by atoms with van der Waals surface area (Å²) < 4.78 is 0. The highest BCUT2D eigenvalue weighted by Gasteiger charge is 2.57. The largest absolute Gasteiger partial charge is 0.391 e. The Morgan fingerprint density at radius 3 is 2.62 bits per heavy atom. The molecule has 0 amide bonds. The Bertz CT molecular complexity index is 254. The molecule has 1 heterocycles. The summed E-state index contributed by atoms with van der Waals surface area (Å²) in [7, 11) is 0. The molecular weight excluding hydrogens is 162 g/mol. The second-order valence-electron chi connectivity index (χ2n) is 5.68. The van der Waals surface area contributed by atoms with Crippen LogP contribution in [0.15, 0.2) is 0 Å².